The molecule has 1 rings (SSSR count). The highest BCUT2D eigenvalue weighted by Gasteiger charge is 2.31. The molecule has 6 heteroatoms. The number of nitrogens with zero attached hydrogens (tertiary/aromatic N) is 1. The maximum atomic E-state index is 12.4. The Morgan fingerprint density at radius 3 is 2.24 bits per heavy atom. The van der Waals surface area contributed by atoms with Crippen molar-refractivity contribution < 1.29 is 19.1 Å². The van der Waals surface area contributed by atoms with E-state index in [-0.39, 0.29) is 30.7 Å². The smallest absolute Gasteiger partial charge is 0.410 e. The summed E-state index contributed by atoms with van der Waals surface area (Å²) in [5, 5.41) is 3.21. The fourth-order valence-electron chi connectivity index (χ4n) is 2.93. The highest BCUT2D eigenvalue weighted by atomic mass is 16.6. The van der Waals surface area contributed by atoms with Crippen molar-refractivity contribution in [1.29, 1.82) is 0 Å². The molecule has 2 unspecified atom stereocenters. The number of nitrogens with one attached hydrogen (secondary N) is 1. The van der Waals surface area contributed by atoms with Gasteiger partial charge in [0.2, 0.25) is 0 Å². The number of esters is 1. The molecule has 1 aliphatic rings. The van der Waals surface area contributed by atoms with E-state index in [0.29, 0.717) is 0 Å². The number of hydrogen-bond donors (Lipinski definition) is 1. The number of rotatable bonds is 5. The minimum atomic E-state index is -0.486. The zero-order valence-corrected chi connectivity index (χ0v) is 17.0. The molecule has 1 aliphatic heterocycles. The van der Waals surface area contributed by atoms with Crippen LogP contribution < -0.4 is 5.32 Å². The number of carbonyl (C=O) groups excluding carboxylic acids is 2. The molecule has 25 heavy (non-hydrogen) atoms. The summed E-state index contributed by atoms with van der Waals surface area (Å²) in [7, 11) is 0. The summed E-state index contributed by atoms with van der Waals surface area (Å²) >= 11 is 0. The van der Waals surface area contributed by atoms with E-state index in [1.54, 1.807) is 0 Å². The normalized spacial score (nSPS) is 20.1. The van der Waals surface area contributed by atoms with E-state index in [0.717, 1.165) is 32.2 Å². The number of piperidine rings is 1. The van der Waals surface area contributed by atoms with E-state index >= 15 is 0 Å². The predicted molar refractivity (Wildman–Crippen MR) is 98.5 cm³/mol. The van der Waals surface area contributed by atoms with Crippen LogP contribution in [0, 0.1) is 0 Å². The van der Waals surface area contributed by atoms with Crippen molar-refractivity contribution in [3.63, 3.8) is 0 Å². The Labute approximate surface area is 152 Å². The second-order valence-electron chi connectivity index (χ2n) is 8.93. The minimum Gasteiger partial charge on any atom is -0.459 e. The second kappa shape index (κ2) is 8.88. The van der Waals surface area contributed by atoms with Crippen LogP contribution in [-0.2, 0) is 14.3 Å². The molecule has 0 spiro atoms. The van der Waals surface area contributed by atoms with Gasteiger partial charge in [-0.2, -0.15) is 0 Å². The zero-order chi connectivity index (χ0) is 19.3. The maximum absolute atomic E-state index is 12.4. The third kappa shape index (κ3) is 9.10. The van der Waals surface area contributed by atoms with Crippen LogP contribution in [0.15, 0.2) is 0 Å². The Bertz CT molecular complexity index is 451. The molecule has 0 aromatic rings. The van der Waals surface area contributed by atoms with E-state index < -0.39 is 11.2 Å². The van der Waals surface area contributed by atoms with Gasteiger partial charge in [-0.15, -0.1) is 0 Å². The van der Waals surface area contributed by atoms with Gasteiger partial charge in [-0.25, -0.2) is 4.79 Å². The lowest BCUT2D eigenvalue weighted by atomic mass is 9.97. The van der Waals surface area contributed by atoms with Crippen LogP contribution in [-0.4, -0.2) is 53.3 Å². The number of amides is 1. The summed E-state index contributed by atoms with van der Waals surface area (Å²) in [6.07, 6.45) is 3.65. The number of hydrogen-bond acceptors (Lipinski definition) is 5. The first kappa shape index (κ1) is 21.7. The Balaban J connectivity index is 2.51. The highest BCUT2D eigenvalue weighted by molar-refractivity contribution is 5.72. The lowest BCUT2D eigenvalue weighted by molar-refractivity contribution is -0.153. The van der Waals surface area contributed by atoms with Gasteiger partial charge in [-0.05, 0) is 74.1 Å². The van der Waals surface area contributed by atoms with Gasteiger partial charge < -0.3 is 19.7 Å². The van der Waals surface area contributed by atoms with Crippen molar-refractivity contribution in [1.82, 2.24) is 10.2 Å². The van der Waals surface area contributed by atoms with Crippen molar-refractivity contribution >= 4 is 12.1 Å². The van der Waals surface area contributed by atoms with Crippen molar-refractivity contribution in [2.75, 3.05) is 13.1 Å². The molecule has 1 amide bonds. The summed E-state index contributed by atoms with van der Waals surface area (Å²) < 4.78 is 10.8. The van der Waals surface area contributed by atoms with Crippen LogP contribution in [0.25, 0.3) is 0 Å². The Kier molecular flexibility index (Phi) is 7.72. The minimum absolute atomic E-state index is 0.112. The predicted octanol–water partition coefficient (Wildman–Crippen LogP) is 3.49. The van der Waals surface area contributed by atoms with Crippen molar-refractivity contribution in [2.24, 2.45) is 0 Å². The van der Waals surface area contributed by atoms with Crippen molar-refractivity contribution in [2.45, 2.75) is 97.4 Å². The summed E-state index contributed by atoms with van der Waals surface area (Å²) in [5.41, 5.74) is -0.960. The first-order chi connectivity index (χ1) is 11.4. The lowest BCUT2D eigenvalue weighted by Crippen LogP contribution is -2.48. The average Bonchev–Trinajstić information content (AvgIpc) is 2.42. The molecule has 1 saturated heterocycles. The molecule has 1 heterocycles. The number of ether oxygens (including phenoxy) is 2. The van der Waals surface area contributed by atoms with Gasteiger partial charge in [-0.1, -0.05) is 0 Å². The molecular weight excluding hydrogens is 320 g/mol. The third-order valence-electron chi connectivity index (χ3n) is 3.90. The van der Waals surface area contributed by atoms with Crippen LogP contribution in [0.5, 0.6) is 0 Å². The fourth-order valence-corrected chi connectivity index (χ4v) is 2.93. The van der Waals surface area contributed by atoms with E-state index in [1.807, 2.05) is 53.4 Å². The van der Waals surface area contributed by atoms with Crippen LogP contribution in [0.3, 0.4) is 0 Å². The molecular formula is C19H36N2O4. The Morgan fingerprint density at radius 2 is 1.68 bits per heavy atom. The highest BCUT2D eigenvalue weighted by Crippen LogP contribution is 2.23. The Hall–Kier alpha value is -1.30. The van der Waals surface area contributed by atoms with Gasteiger partial charge in [0.05, 0.1) is 6.54 Å². The third-order valence-corrected chi connectivity index (χ3v) is 3.90. The summed E-state index contributed by atoms with van der Waals surface area (Å²) in [5.74, 6) is -0.257. The van der Waals surface area contributed by atoms with Gasteiger partial charge >= 0.3 is 12.1 Å². The second-order valence-corrected chi connectivity index (χ2v) is 8.93. The van der Waals surface area contributed by atoms with Crippen LogP contribution in [0.2, 0.25) is 0 Å². The van der Waals surface area contributed by atoms with Crippen molar-refractivity contribution in [3.05, 3.63) is 0 Å². The first-order valence-electron chi connectivity index (χ1n) is 9.32. The van der Waals surface area contributed by atoms with Gasteiger partial charge in [0.1, 0.15) is 11.2 Å². The molecule has 0 saturated carbocycles. The standard InChI is InChI=1S/C19H36N2O4/c1-14(20-13-16(22)24-18(2,3)4)12-15-10-8-9-11-21(15)17(23)25-19(5,6)7/h14-15,20H,8-13H2,1-7H3. The zero-order valence-electron chi connectivity index (χ0n) is 17.0. The lowest BCUT2D eigenvalue weighted by Gasteiger charge is -2.38. The van der Waals surface area contributed by atoms with Gasteiger partial charge in [0.15, 0.2) is 0 Å². The van der Waals surface area contributed by atoms with E-state index in [1.165, 1.54) is 0 Å². The largest absolute Gasteiger partial charge is 0.459 e. The summed E-state index contributed by atoms with van der Waals surface area (Å²) in [4.78, 5) is 26.1. The Morgan fingerprint density at radius 1 is 1.08 bits per heavy atom. The average molecular weight is 357 g/mol. The SMILES string of the molecule is CC(CC1CCCCN1C(=O)OC(C)(C)C)NCC(=O)OC(C)(C)C. The van der Waals surface area contributed by atoms with Gasteiger partial charge in [0, 0.05) is 18.6 Å². The van der Waals surface area contributed by atoms with Crippen LogP contribution in [0.1, 0.15) is 74.1 Å². The molecule has 1 fully saturated rings. The molecule has 0 aromatic carbocycles. The van der Waals surface area contributed by atoms with E-state index in [4.69, 9.17) is 9.47 Å². The molecule has 1 N–H and O–H groups in total. The van der Waals surface area contributed by atoms with Crippen molar-refractivity contribution in [3.8, 4) is 0 Å². The molecule has 2 atom stereocenters. The number of likely N-dealkylation sites (tertiary alicyclic amines) is 1. The first-order valence-corrected chi connectivity index (χ1v) is 9.32. The van der Waals surface area contributed by atoms with Crippen LogP contribution in [0.4, 0.5) is 4.79 Å². The molecule has 0 aliphatic carbocycles. The summed E-state index contributed by atoms with van der Waals surface area (Å²) in [6.45, 7) is 14.2. The molecule has 0 radical (unpaired) electrons. The van der Waals surface area contributed by atoms with Gasteiger partial charge in [0.25, 0.3) is 0 Å². The van der Waals surface area contributed by atoms with E-state index in [2.05, 4.69) is 5.32 Å². The maximum Gasteiger partial charge on any atom is 0.410 e. The summed E-state index contributed by atoms with van der Waals surface area (Å²) in [6, 6.07) is 0.255. The quantitative estimate of drug-likeness (QED) is 0.764. The molecule has 0 bridgehead atoms. The monoisotopic (exact) mass is 356 g/mol. The molecule has 6 nitrogen and oxygen atoms in total. The van der Waals surface area contributed by atoms with Gasteiger partial charge in [-0.3, -0.25) is 4.79 Å². The van der Waals surface area contributed by atoms with E-state index in [9.17, 15) is 9.59 Å². The fraction of sp³-hybridized carbons (Fsp3) is 0.895. The molecule has 0 aromatic heterocycles. The van der Waals surface area contributed by atoms with Crippen LogP contribution >= 0.6 is 0 Å². The molecule has 146 valence electrons. The number of carbonyl (C=O) groups is 2. The topological polar surface area (TPSA) is 67.9 Å².